The molecule has 3 atom stereocenters. The third kappa shape index (κ3) is 14.5. The summed E-state index contributed by atoms with van der Waals surface area (Å²) in [7, 11) is 0. The molecule has 0 saturated heterocycles. The minimum atomic E-state index is -1.28. The summed E-state index contributed by atoms with van der Waals surface area (Å²) in [6.45, 7) is 12.1. The molecule has 0 heterocycles. The lowest BCUT2D eigenvalue weighted by Crippen LogP contribution is -2.57. The monoisotopic (exact) mass is 563 g/mol. The second kappa shape index (κ2) is 15.8. The zero-order valence-electron chi connectivity index (χ0n) is 24.7. The van der Waals surface area contributed by atoms with E-state index in [0.717, 1.165) is 12.0 Å². The number of hydrogen-bond donors (Lipinski definition) is 4. The maximum atomic E-state index is 13.4. The fourth-order valence-electron chi connectivity index (χ4n) is 3.62. The van der Waals surface area contributed by atoms with E-state index in [9.17, 15) is 29.1 Å². The summed E-state index contributed by atoms with van der Waals surface area (Å²) in [6.07, 6.45) is 0.351. The molecule has 11 heteroatoms. The zero-order chi connectivity index (χ0) is 30.5. The molecule has 0 aliphatic rings. The molecule has 0 aliphatic heterocycles. The minimum Gasteiger partial charge on any atom is -0.481 e. The Kier molecular flexibility index (Phi) is 13.6. The van der Waals surface area contributed by atoms with Crippen LogP contribution in [0, 0.1) is 0 Å². The molecule has 224 valence electrons. The Morgan fingerprint density at radius 1 is 0.775 bits per heavy atom. The molecule has 3 amide bonds. The smallest absolute Gasteiger partial charge is 0.408 e. The summed E-state index contributed by atoms with van der Waals surface area (Å²) in [5.41, 5.74) is -0.840. The number of rotatable bonds is 14. The minimum absolute atomic E-state index is 0.0935. The Balaban J connectivity index is 3.17. The van der Waals surface area contributed by atoms with Gasteiger partial charge in [0.05, 0.1) is 0 Å². The number of unbranched alkanes of at least 4 members (excludes halogenated alkanes) is 1. The topological polar surface area (TPSA) is 160 Å². The quantitative estimate of drug-likeness (QED) is 0.250. The Hall–Kier alpha value is -3.63. The number of nitrogens with one attached hydrogen (secondary N) is 3. The van der Waals surface area contributed by atoms with Crippen LogP contribution >= 0.6 is 0 Å². The second-order valence-corrected chi connectivity index (χ2v) is 11.6. The van der Waals surface area contributed by atoms with Crippen molar-refractivity contribution in [1.82, 2.24) is 16.0 Å². The van der Waals surface area contributed by atoms with Crippen molar-refractivity contribution in [2.45, 2.75) is 116 Å². The number of esters is 1. The maximum Gasteiger partial charge on any atom is 0.408 e. The van der Waals surface area contributed by atoms with Crippen molar-refractivity contribution in [2.75, 3.05) is 0 Å². The highest BCUT2D eigenvalue weighted by Crippen LogP contribution is 2.13. The van der Waals surface area contributed by atoms with Crippen LogP contribution < -0.4 is 16.0 Å². The van der Waals surface area contributed by atoms with E-state index in [2.05, 4.69) is 16.0 Å². The van der Waals surface area contributed by atoms with Gasteiger partial charge in [-0.25, -0.2) is 9.59 Å². The van der Waals surface area contributed by atoms with Crippen LogP contribution in [0.25, 0.3) is 0 Å². The van der Waals surface area contributed by atoms with Crippen LogP contribution in [0.4, 0.5) is 4.79 Å². The second-order valence-electron chi connectivity index (χ2n) is 11.6. The average molecular weight is 564 g/mol. The molecule has 1 aromatic carbocycles. The number of alkyl carbamates (subject to hydrolysis) is 1. The number of amides is 3. The van der Waals surface area contributed by atoms with Gasteiger partial charge in [-0.3, -0.25) is 14.4 Å². The normalized spacial score (nSPS) is 13.8. The van der Waals surface area contributed by atoms with Crippen LogP contribution in [0.15, 0.2) is 30.3 Å². The molecule has 11 nitrogen and oxygen atoms in total. The highest BCUT2D eigenvalue weighted by Gasteiger charge is 2.32. The number of carbonyl (C=O) groups excluding carboxylic acids is 4. The predicted octanol–water partition coefficient (Wildman–Crippen LogP) is 3.49. The molecule has 0 aromatic heterocycles. The number of ether oxygens (including phenoxy) is 2. The van der Waals surface area contributed by atoms with Gasteiger partial charge in [-0.1, -0.05) is 50.1 Å². The lowest BCUT2D eigenvalue weighted by molar-refractivity contribution is -0.159. The Bertz CT molecular complexity index is 999. The van der Waals surface area contributed by atoms with Gasteiger partial charge in [-0.05, 0) is 59.9 Å². The number of hydrogen-bond acceptors (Lipinski definition) is 7. The first-order chi connectivity index (χ1) is 18.5. The number of carboxylic acids is 1. The van der Waals surface area contributed by atoms with E-state index >= 15 is 0 Å². The maximum absolute atomic E-state index is 13.4. The molecular weight excluding hydrogens is 518 g/mol. The largest absolute Gasteiger partial charge is 0.481 e. The summed E-state index contributed by atoms with van der Waals surface area (Å²) in [4.78, 5) is 63.3. The van der Waals surface area contributed by atoms with Crippen molar-refractivity contribution in [3.8, 4) is 0 Å². The van der Waals surface area contributed by atoms with E-state index in [-0.39, 0.29) is 12.8 Å². The standard InChI is InChI=1S/C29H45N3O8/c1-8-9-15-21(26(37)39-28(2,3)4)31-24(35)20(16-17-23(33)34)30-25(36)22(18-19-13-11-10-12-14-19)32-27(38)40-29(5,6)7/h10-14,20-22H,8-9,15-18H2,1-7H3,(H,30,36)(H,31,35)(H,32,38)(H,33,34)/t20-,21-,22-/m0/s1. The fraction of sp³-hybridized carbons (Fsp3) is 0.621. The van der Waals surface area contributed by atoms with Gasteiger partial charge in [0.25, 0.3) is 0 Å². The van der Waals surface area contributed by atoms with E-state index in [1.165, 1.54) is 0 Å². The molecule has 0 bridgehead atoms. The molecule has 1 rings (SSSR count). The van der Waals surface area contributed by atoms with Crippen LogP contribution in [-0.4, -0.2) is 64.3 Å². The van der Waals surface area contributed by atoms with Gasteiger partial charge >= 0.3 is 18.0 Å². The Morgan fingerprint density at radius 3 is 1.85 bits per heavy atom. The van der Waals surface area contributed by atoms with Crippen LogP contribution in [0.1, 0.15) is 86.1 Å². The van der Waals surface area contributed by atoms with Crippen molar-refractivity contribution in [3.63, 3.8) is 0 Å². The summed E-state index contributed by atoms with van der Waals surface area (Å²) in [6, 6.07) is 5.56. The molecule has 0 spiro atoms. The van der Waals surface area contributed by atoms with Gasteiger partial charge < -0.3 is 30.5 Å². The van der Waals surface area contributed by atoms with Gasteiger partial charge in [0.2, 0.25) is 11.8 Å². The molecule has 0 radical (unpaired) electrons. The molecule has 40 heavy (non-hydrogen) atoms. The molecule has 0 fully saturated rings. The van der Waals surface area contributed by atoms with E-state index in [4.69, 9.17) is 9.47 Å². The molecular formula is C29H45N3O8. The van der Waals surface area contributed by atoms with Gasteiger partial charge in [-0.2, -0.15) is 0 Å². The first-order valence-corrected chi connectivity index (χ1v) is 13.6. The molecule has 1 aromatic rings. The molecule has 0 unspecified atom stereocenters. The van der Waals surface area contributed by atoms with Gasteiger partial charge in [-0.15, -0.1) is 0 Å². The number of carboxylic acid groups (broad SMARTS) is 1. The molecule has 0 saturated carbocycles. The number of carbonyl (C=O) groups is 5. The number of benzene rings is 1. The highest BCUT2D eigenvalue weighted by molar-refractivity contribution is 5.93. The zero-order valence-corrected chi connectivity index (χ0v) is 24.7. The van der Waals surface area contributed by atoms with Crippen molar-refractivity contribution in [3.05, 3.63) is 35.9 Å². The third-order valence-electron chi connectivity index (χ3n) is 5.42. The van der Waals surface area contributed by atoms with Gasteiger partial charge in [0.1, 0.15) is 29.3 Å². The molecule has 4 N–H and O–H groups in total. The summed E-state index contributed by atoms with van der Waals surface area (Å²) in [5, 5.41) is 17.0. The first-order valence-electron chi connectivity index (χ1n) is 13.6. The van der Waals surface area contributed by atoms with Crippen molar-refractivity contribution < 1.29 is 38.6 Å². The van der Waals surface area contributed by atoms with Crippen LogP contribution in [0.5, 0.6) is 0 Å². The lowest BCUT2D eigenvalue weighted by atomic mass is 10.0. The van der Waals surface area contributed by atoms with Crippen LogP contribution in [0.3, 0.4) is 0 Å². The number of aliphatic carboxylic acids is 1. The predicted molar refractivity (Wildman–Crippen MR) is 149 cm³/mol. The van der Waals surface area contributed by atoms with Crippen LogP contribution in [0.2, 0.25) is 0 Å². The first kappa shape index (κ1) is 34.4. The van der Waals surface area contributed by atoms with E-state index in [1.54, 1.807) is 65.8 Å². The van der Waals surface area contributed by atoms with Crippen molar-refractivity contribution >= 4 is 29.8 Å². The van der Waals surface area contributed by atoms with E-state index in [1.807, 2.05) is 13.0 Å². The van der Waals surface area contributed by atoms with Crippen LogP contribution in [-0.2, 0) is 35.1 Å². The van der Waals surface area contributed by atoms with Crippen molar-refractivity contribution in [1.29, 1.82) is 0 Å². The van der Waals surface area contributed by atoms with Gasteiger partial charge in [0.15, 0.2) is 0 Å². The van der Waals surface area contributed by atoms with E-state index in [0.29, 0.717) is 12.8 Å². The SMILES string of the molecule is CCCC[C@H](NC(=O)[C@H](CCC(=O)O)NC(=O)[C@H](Cc1ccccc1)NC(=O)OC(C)(C)C)C(=O)OC(C)(C)C. The summed E-state index contributed by atoms with van der Waals surface area (Å²) >= 11 is 0. The highest BCUT2D eigenvalue weighted by atomic mass is 16.6. The Labute approximate surface area is 236 Å². The molecule has 0 aliphatic carbocycles. The lowest BCUT2D eigenvalue weighted by Gasteiger charge is -2.27. The fourth-order valence-corrected chi connectivity index (χ4v) is 3.62. The van der Waals surface area contributed by atoms with E-state index < -0.39 is 65.6 Å². The van der Waals surface area contributed by atoms with Gasteiger partial charge in [0, 0.05) is 12.8 Å². The van der Waals surface area contributed by atoms with Crippen molar-refractivity contribution in [2.24, 2.45) is 0 Å². The average Bonchev–Trinajstić information content (AvgIpc) is 2.81. The Morgan fingerprint density at radius 2 is 1.32 bits per heavy atom. The third-order valence-corrected chi connectivity index (χ3v) is 5.42. The summed E-state index contributed by atoms with van der Waals surface area (Å²) in [5.74, 6) is -3.21. The summed E-state index contributed by atoms with van der Waals surface area (Å²) < 4.78 is 10.8.